The number of anilines is 1. The Kier molecular flexibility index (Phi) is 7.11. The number of thiophene rings is 1. The lowest BCUT2D eigenvalue weighted by Gasteiger charge is -2.09. The first-order chi connectivity index (χ1) is 14.4. The molecule has 0 aliphatic heterocycles. The zero-order valence-corrected chi connectivity index (χ0v) is 17.2. The zero-order valence-electron chi connectivity index (χ0n) is 15.6. The molecule has 0 unspecified atom stereocenters. The number of hydrogen-bond donors (Lipinski definition) is 2. The van der Waals surface area contributed by atoms with Crippen molar-refractivity contribution >= 4 is 40.6 Å². The Hall–Kier alpha value is -2.86. The fraction of sp³-hybridized carbons (Fsp3) is 0.222. The molecule has 158 valence electrons. The summed E-state index contributed by atoms with van der Waals surface area (Å²) in [4.78, 5) is 24.8. The molecule has 2 aromatic heterocycles. The molecular weight excluding hydrogens is 439 g/mol. The quantitative estimate of drug-likeness (QED) is 0.402. The average molecular weight is 455 g/mol. The Labute approximate surface area is 177 Å². The normalized spacial score (nSPS) is 10.8. The molecule has 0 saturated carbocycles. The van der Waals surface area contributed by atoms with E-state index in [1.54, 1.807) is 0 Å². The van der Waals surface area contributed by atoms with E-state index in [0.717, 1.165) is 22.7 Å². The van der Waals surface area contributed by atoms with Crippen molar-refractivity contribution in [2.75, 3.05) is 17.6 Å². The Bertz CT molecular complexity index is 1060. The molecule has 3 rings (SSSR count). The van der Waals surface area contributed by atoms with Crippen LogP contribution in [0, 0.1) is 17.5 Å². The minimum Gasteiger partial charge on any atom is -0.346 e. The SMILES string of the molecule is CCn1c(SCC(=O)NCC(=O)Nc2ccc(F)c(F)c2F)nnc1-c1cccs1. The fourth-order valence-corrected chi connectivity index (χ4v) is 3.99. The molecule has 0 saturated heterocycles. The van der Waals surface area contributed by atoms with Crippen LogP contribution < -0.4 is 10.6 Å². The van der Waals surface area contributed by atoms with Crippen molar-refractivity contribution in [3.05, 3.63) is 47.1 Å². The van der Waals surface area contributed by atoms with Crippen LogP contribution in [0.15, 0.2) is 34.8 Å². The first-order valence-electron chi connectivity index (χ1n) is 8.70. The van der Waals surface area contributed by atoms with Crippen molar-refractivity contribution in [1.29, 1.82) is 0 Å². The monoisotopic (exact) mass is 455 g/mol. The molecular formula is C18H16F3N5O2S2. The van der Waals surface area contributed by atoms with Gasteiger partial charge in [-0.05, 0) is 30.5 Å². The molecule has 7 nitrogen and oxygen atoms in total. The highest BCUT2D eigenvalue weighted by Gasteiger charge is 2.17. The number of carbonyl (C=O) groups excluding carboxylic acids is 2. The van der Waals surface area contributed by atoms with Gasteiger partial charge in [0.1, 0.15) is 0 Å². The number of nitrogens with one attached hydrogen (secondary N) is 2. The van der Waals surface area contributed by atoms with Gasteiger partial charge >= 0.3 is 0 Å². The highest BCUT2D eigenvalue weighted by atomic mass is 32.2. The maximum Gasteiger partial charge on any atom is 0.243 e. The molecule has 3 aromatic rings. The summed E-state index contributed by atoms with van der Waals surface area (Å²) in [6.45, 7) is 2.09. The van der Waals surface area contributed by atoms with Crippen LogP contribution in [0.4, 0.5) is 18.9 Å². The van der Waals surface area contributed by atoms with Crippen LogP contribution in [0.2, 0.25) is 0 Å². The number of thioether (sulfide) groups is 1. The molecule has 2 amide bonds. The van der Waals surface area contributed by atoms with Gasteiger partial charge in [0.05, 0.1) is 22.9 Å². The second-order valence-corrected chi connectivity index (χ2v) is 7.75. The van der Waals surface area contributed by atoms with Crippen LogP contribution in [-0.2, 0) is 16.1 Å². The molecule has 1 aromatic carbocycles. The predicted octanol–water partition coefficient (Wildman–Crippen LogP) is 3.29. The molecule has 0 bridgehead atoms. The molecule has 30 heavy (non-hydrogen) atoms. The molecule has 2 heterocycles. The van der Waals surface area contributed by atoms with Crippen LogP contribution in [0.1, 0.15) is 6.92 Å². The minimum atomic E-state index is -1.69. The van der Waals surface area contributed by atoms with Gasteiger partial charge in [-0.15, -0.1) is 21.5 Å². The standard InChI is InChI=1S/C18H16F3N5O2S2/c1-2-26-17(12-4-3-7-29-12)24-25-18(26)30-9-14(28)22-8-13(27)23-11-6-5-10(19)15(20)16(11)21/h3-7H,2,8-9H2,1H3,(H,22,28)(H,23,27). The molecule has 0 atom stereocenters. The van der Waals surface area contributed by atoms with Gasteiger partial charge in [0.15, 0.2) is 28.4 Å². The van der Waals surface area contributed by atoms with Gasteiger partial charge in [0.25, 0.3) is 0 Å². The largest absolute Gasteiger partial charge is 0.346 e. The zero-order chi connectivity index (χ0) is 21.7. The molecule has 12 heteroatoms. The van der Waals surface area contributed by atoms with E-state index in [2.05, 4.69) is 20.8 Å². The van der Waals surface area contributed by atoms with Crippen molar-refractivity contribution < 1.29 is 22.8 Å². The maximum absolute atomic E-state index is 13.6. The van der Waals surface area contributed by atoms with E-state index in [1.165, 1.54) is 11.3 Å². The van der Waals surface area contributed by atoms with E-state index in [9.17, 15) is 22.8 Å². The highest BCUT2D eigenvalue weighted by Crippen LogP contribution is 2.27. The molecule has 0 aliphatic carbocycles. The van der Waals surface area contributed by atoms with E-state index in [0.29, 0.717) is 23.6 Å². The van der Waals surface area contributed by atoms with Gasteiger partial charge in [-0.3, -0.25) is 9.59 Å². The Morgan fingerprint density at radius 1 is 1.13 bits per heavy atom. The van der Waals surface area contributed by atoms with Gasteiger partial charge in [-0.1, -0.05) is 17.8 Å². The van der Waals surface area contributed by atoms with E-state index < -0.39 is 41.5 Å². The van der Waals surface area contributed by atoms with Gasteiger partial charge < -0.3 is 15.2 Å². The van der Waals surface area contributed by atoms with Crippen molar-refractivity contribution in [3.8, 4) is 10.7 Å². The fourth-order valence-electron chi connectivity index (χ4n) is 2.45. The van der Waals surface area contributed by atoms with Crippen LogP contribution in [0.25, 0.3) is 10.7 Å². The second-order valence-electron chi connectivity index (χ2n) is 5.86. The van der Waals surface area contributed by atoms with Crippen molar-refractivity contribution in [2.24, 2.45) is 0 Å². The number of rotatable bonds is 8. The lowest BCUT2D eigenvalue weighted by molar-refractivity contribution is -0.122. The van der Waals surface area contributed by atoms with Crippen molar-refractivity contribution in [2.45, 2.75) is 18.6 Å². The number of nitrogens with zero attached hydrogens (tertiary/aromatic N) is 3. The lowest BCUT2D eigenvalue weighted by Crippen LogP contribution is -2.34. The van der Waals surface area contributed by atoms with E-state index >= 15 is 0 Å². The van der Waals surface area contributed by atoms with Crippen molar-refractivity contribution in [3.63, 3.8) is 0 Å². The summed E-state index contributed by atoms with van der Waals surface area (Å²) in [5.74, 6) is -5.10. The third kappa shape index (κ3) is 5.00. The second kappa shape index (κ2) is 9.76. The number of carbonyl (C=O) groups is 2. The first kappa shape index (κ1) is 21.8. The van der Waals surface area contributed by atoms with Gasteiger partial charge in [-0.2, -0.15) is 0 Å². The van der Waals surface area contributed by atoms with E-state index in [1.807, 2.05) is 29.0 Å². The van der Waals surface area contributed by atoms with E-state index in [4.69, 9.17) is 0 Å². The number of amides is 2. The lowest BCUT2D eigenvalue weighted by atomic mass is 10.2. The molecule has 0 spiro atoms. The van der Waals surface area contributed by atoms with Crippen LogP contribution >= 0.6 is 23.1 Å². The Morgan fingerprint density at radius 3 is 2.63 bits per heavy atom. The number of benzene rings is 1. The molecule has 2 N–H and O–H groups in total. The van der Waals surface area contributed by atoms with Gasteiger partial charge in [0.2, 0.25) is 11.8 Å². The first-order valence-corrected chi connectivity index (χ1v) is 10.6. The van der Waals surface area contributed by atoms with Crippen molar-refractivity contribution in [1.82, 2.24) is 20.1 Å². The minimum absolute atomic E-state index is 0.0185. The number of hydrogen-bond acceptors (Lipinski definition) is 6. The van der Waals surface area contributed by atoms with E-state index in [-0.39, 0.29) is 5.75 Å². The van der Waals surface area contributed by atoms with Gasteiger partial charge in [0, 0.05) is 6.54 Å². The number of halogens is 3. The smallest absolute Gasteiger partial charge is 0.243 e. The summed E-state index contributed by atoms with van der Waals surface area (Å²) in [6, 6.07) is 5.42. The highest BCUT2D eigenvalue weighted by molar-refractivity contribution is 7.99. The molecule has 0 radical (unpaired) electrons. The summed E-state index contributed by atoms with van der Waals surface area (Å²) < 4.78 is 41.5. The van der Waals surface area contributed by atoms with Crippen LogP contribution in [-0.4, -0.2) is 38.9 Å². The summed E-state index contributed by atoms with van der Waals surface area (Å²) in [5, 5.41) is 15.2. The third-order valence-electron chi connectivity index (χ3n) is 3.86. The molecule has 0 fully saturated rings. The average Bonchev–Trinajstić information content (AvgIpc) is 3.40. The Balaban J connectivity index is 1.51. The predicted molar refractivity (Wildman–Crippen MR) is 108 cm³/mol. The summed E-state index contributed by atoms with van der Waals surface area (Å²) in [7, 11) is 0. The summed E-state index contributed by atoms with van der Waals surface area (Å²) in [5.41, 5.74) is -0.514. The van der Waals surface area contributed by atoms with Crippen LogP contribution in [0.3, 0.4) is 0 Å². The van der Waals surface area contributed by atoms with Crippen LogP contribution in [0.5, 0.6) is 0 Å². The number of aromatic nitrogens is 3. The summed E-state index contributed by atoms with van der Waals surface area (Å²) >= 11 is 2.69. The summed E-state index contributed by atoms with van der Waals surface area (Å²) in [6.07, 6.45) is 0. The topological polar surface area (TPSA) is 88.9 Å². The van der Waals surface area contributed by atoms with Gasteiger partial charge in [-0.25, -0.2) is 13.2 Å². The Morgan fingerprint density at radius 2 is 1.93 bits per heavy atom. The third-order valence-corrected chi connectivity index (χ3v) is 5.69. The molecule has 0 aliphatic rings. The maximum atomic E-state index is 13.6.